The highest BCUT2D eigenvalue weighted by atomic mass is 15.4. The van der Waals surface area contributed by atoms with Crippen LogP contribution < -0.4 is 9.80 Å². The first-order valence-electron chi connectivity index (χ1n) is 11.0. The van der Waals surface area contributed by atoms with Crippen LogP contribution in [0.4, 0.5) is 11.6 Å². The first-order valence-corrected chi connectivity index (χ1v) is 11.0. The Kier molecular flexibility index (Phi) is 6.15. The largest absolute Gasteiger partial charge is 0.369 e. The molecule has 28 heavy (non-hydrogen) atoms. The molecule has 152 valence electrons. The molecule has 1 saturated heterocycles. The van der Waals surface area contributed by atoms with Crippen molar-refractivity contribution in [1.82, 2.24) is 19.7 Å². The number of aromatic nitrogens is 3. The van der Waals surface area contributed by atoms with Gasteiger partial charge in [-0.3, -0.25) is 9.47 Å². The molecule has 1 aromatic carbocycles. The Morgan fingerprint density at radius 3 is 2.39 bits per heavy atom. The van der Waals surface area contributed by atoms with E-state index in [1.165, 1.54) is 18.5 Å². The van der Waals surface area contributed by atoms with Crippen molar-refractivity contribution in [2.75, 3.05) is 55.6 Å². The molecule has 0 amide bonds. The molecular formula is C22H34N6. The summed E-state index contributed by atoms with van der Waals surface area (Å²) in [4.78, 5) is 7.46. The van der Waals surface area contributed by atoms with E-state index in [9.17, 15) is 0 Å². The van der Waals surface area contributed by atoms with Crippen molar-refractivity contribution in [3.63, 3.8) is 0 Å². The van der Waals surface area contributed by atoms with Gasteiger partial charge in [-0.2, -0.15) is 0 Å². The predicted molar refractivity (Wildman–Crippen MR) is 115 cm³/mol. The summed E-state index contributed by atoms with van der Waals surface area (Å²) in [6, 6.07) is 10.8. The van der Waals surface area contributed by atoms with Gasteiger partial charge in [0.05, 0.1) is 0 Å². The number of anilines is 2. The van der Waals surface area contributed by atoms with Gasteiger partial charge in [-0.1, -0.05) is 18.2 Å². The van der Waals surface area contributed by atoms with Crippen LogP contribution in [0.3, 0.4) is 0 Å². The average Bonchev–Trinajstić information content (AvgIpc) is 3.48. The zero-order valence-corrected chi connectivity index (χ0v) is 17.4. The van der Waals surface area contributed by atoms with E-state index in [-0.39, 0.29) is 0 Å². The Morgan fingerprint density at radius 1 is 1.00 bits per heavy atom. The predicted octanol–water partition coefficient (Wildman–Crippen LogP) is 2.90. The van der Waals surface area contributed by atoms with Gasteiger partial charge in [0.15, 0.2) is 0 Å². The lowest BCUT2D eigenvalue weighted by Gasteiger charge is -2.36. The Balaban J connectivity index is 1.31. The molecule has 2 fully saturated rings. The molecule has 2 heterocycles. The zero-order valence-electron chi connectivity index (χ0n) is 17.4. The van der Waals surface area contributed by atoms with Gasteiger partial charge in [-0.25, -0.2) is 0 Å². The van der Waals surface area contributed by atoms with Gasteiger partial charge in [0.25, 0.3) is 0 Å². The van der Waals surface area contributed by atoms with E-state index >= 15 is 0 Å². The van der Waals surface area contributed by atoms with Crippen molar-refractivity contribution < 1.29 is 0 Å². The lowest BCUT2D eigenvalue weighted by molar-refractivity contribution is 0.258. The van der Waals surface area contributed by atoms with Crippen molar-refractivity contribution in [3.05, 3.63) is 36.2 Å². The molecule has 6 nitrogen and oxygen atoms in total. The van der Waals surface area contributed by atoms with E-state index in [1.54, 1.807) is 0 Å². The van der Waals surface area contributed by atoms with E-state index in [4.69, 9.17) is 0 Å². The summed E-state index contributed by atoms with van der Waals surface area (Å²) in [5.41, 5.74) is 1.34. The number of hydrogen-bond donors (Lipinski definition) is 0. The second-order valence-corrected chi connectivity index (χ2v) is 8.06. The minimum atomic E-state index is 0.867. The second kappa shape index (κ2) is 8.95. The third-order valence-corrected chi connectivity index (χ3v) is 6.11. The fraction of sp³-hybridized carbons (Fsp3) is 0.636. The first kappa shape index (κ1) is 19.2. The summed E-state index contributed by atoms with van der Waals surface area (Å²) >= 11 is 0. The molecule has 0 unspecified atom stereocenters. The van der Waals surface area contributed by atoms with E-state index in [0.29, 0.717) is 0 Å². The maximum absolute atomic E-state index is 4.57. The Labute approximate surface area is 169 Å². The van der Waals surface area contributed by atoms with Crippen LogP contribution in [0, 0.1) is 5.92 Å². The molecule has 2 aliphatic rings. The number of rotatable bonds is 9. The summed E-state index contributed by atoms with van der Waals surface area (Å²) in [7, 11) is 0. The van der Waals surface area contributed by atoms with Crippen LogP contribution in [0.15, 0.2) is 30.3 Å². The molecule has 0 spiro atoms. The fourth-order valence-corrected chi connectivity index (χ4v) is 4.16. The molecule has 0 N–H and O–H groups in total. The third-order valence-electron chi connectivity index (χ3n) is 6.11. The van der Waals surface area contributed by atoms with E-state index in [2.05, 4.69) is 73.6 Å². The van der Waals surface area contributed by atoms with Gasteiger partial charge in [-0.15, -0.1) is 10.2 Å². The molecule has 0 radical (unpaired) electrons. The zero-order chi connectivity index (χ0) is 19.3. The van der Waals surface area contributed by atoms with Gasteiger partial charge < -0.3 is 9.80 Å². The van der Waals surface area contributed by atoms with Crippen molar-refractivity contribution in [2.24, 2.45) is 5.92 Å². The molecular weight excluding hydrogens is 348 g/mol. The molecule has 1 saturated carbocycles. The summed E-state index contributed by atoms with van der Waals surface area (Å²) in [5, 5.41) is 9.13. The van der Waals surface area contributed by atoms with Crippen LogP contribution in [0.5, 0.6) is 0 Å². The Morgan fingerprint density at radius 2 is 1.75 bits per heavy atom. The summed E-state index contributed by atoms with van der Waals surface area (Å²) in [6.45, 7) is 13.0. The van der Waals surface area contributed by atoms with E-state index < -0.39 is 0 Å². The van der Waals surface area contributed by atoms with Gasteiger partial charge in [0.2, 0.25) is 5.95 Å². The highest BCUT2D eigenvalue weighted by molar-refractivity contribution is 5.46. The van der Waals surface area contributed by atoms with Crippen LogP contribution >= 0.6 is 0 Å². The lowest BCUT2D eigenvalue weighted by Crippen LogP contribution is -2.47. The fourth-order valence-electron chi connectivity index (χ4n) is 4.16. The number of hydrogen-bond acceptors (Lipinski definition) is 5. The highest BCUT2D eigenvalue weighted by Gasteiger charge is 2.26. The maximum Gasteiger partial charge on any atom is 0.227 e. The van der Waals surface area contributed by atoms with Gasteiger partial charge >= 0.3 is 0 Å². The maximum atomic E-state index is 4.57. The van der Waals surface area contributed by atoms with Crippen LogP contribution in [-0.4, -0.2) is 65.5 Å². The molecule has 0 atom stereocenters. The molecule has 6 heteroatoms. The number of piperazine rings is 1. The quantitative estimate of drug-likeness (QED) is 0.667. The second-order valence-electron chi connectivity index (χ2n) is 8.06. The number of benzene rings is 1. The molecule has 1 aromatic heterocycles. The average molecular weight is 383 g/mol. The topological polar surface area (TPSA) is 40.4 Å². The van der Waals surface area contributed by atoms with Gasteiger partial charge in [0.1, 0.15) is 5.82 Å². The van der Waals surface area contributed by atoms with E-state index in [0.717, 1.165) is 76.5 Å². The third kappa shape index (κ3) is 4.49. The lowest BCUT2D eigenvalue weighted by atomic mass is 10.2. The highest BCUT2D eigenvalue weighted by Crippen LogP contribution is 2.31. The summed E-state index contributed by atoms with van der Waals surface area (Å²) in [6.07, 6.45) is 3.73. The monoisotopic (exact) mass is 382 g/mol. The molecule has 1 aliphatic carbocycles. The van der Waals surface area contributed by atoms with Crippen LogP contribution in [0.1, 0.15) is 32.5 Å². The van der Waals surface area contributed by atoms with Crippen LogP contribution in [0.2, 0.25) is 0 Å². The summed E-state index contributed by atoms with van der Waals surface area (Å²) in [5.74, 6) is 3.07. The summed E-state index contributed by atoms with van der Waals surface area (Å²) < 4.78 is 2.33. The van der Waals surface area contributed by atoms with Crippen molar-refractivity contribution in [1.29, 1.82) is 0 Å². The van der Waals surface area contributed by atoms with E-state index in [1.807, 2.05) is 0 Å². The SMILES string of the molecule is CCN(CC1CC1)c1nnc(CCN2CCN(c3ccccc3)CC2)n1CC. The van der Waals surface area contributed by atoms with Crippen molar-refractivity contribution in [3.8, 4) is 0 Å². The number of nitrogens with zero attached hydrogens (tertiary/aromatic N) is 6. The normalized spacial score (nSPS) is 17.9. The minimum absolute atomic E-state index is 0.867. The van der Waals surface area contributed by atoms with Gasteiger partial charge in [-0.05, 0) is 44.7 Å². The van der Waals surface area contributed by atoms with Crippen LogP contribution in [-0.2, 0) is 13.0 Å². The smallest absolute Gasteiger partial charge is 0.227 e. The molecule has 0 bridgehead atoms. The standard InChI is InChI=1S/C22H34N6/c1-3-26(18-19-10-11-19)22-24-23-21(28(22)4-2)12-13-25-14-16-27(17-15-25)20-8-6-5-7-9-20/h5-9,19H,3-4,10-18H2,1-2H3. The molecule has 4 rings (SSSR count). The number of para-hydroxylation sites is 1. The first-order chi connectivity index (χ1) is 13.8. The Bertz CT molecular complexity index is 731. The van der Waals surface area contributed by atoms with Crippen LogP contribution in [0.25, 0.3) is 0 Å². The van der Waals surface area contributed by atoms with Crippen molar-refractivity contribution >= 4 is 11.6 Å². The Hall–Kier alpha value is -2.08. The van der Waals surface area contributed by atoms with Crippen molar-refractivity contribution in [2.45, 2.75) is 39.7 Å². The molecule has 1 aliphatic heterocycles. The minimum Gasteiger partial charge on any atom is -0.369 e. The molecule has 2 aromatic rings. The van der Waals surface area contributed by atoms with Gasteiger partial charge in [0, 0.05) is 64.5 Å².